The van der Waals surface area contributed by atoms with E-state index >= 15 is 0 Å². The molecule has 0 bridgehead atoms. The zero-order chi connectivity index (χ0) is 31.0. The minimum absolute atomic E-state index is 0.0359. The number of unbranched alkanes of at least 4 members (excludes halogenated alkanes) is 10. The topological polar surface area (TPSA) is 94.8 Å². The number of hydrogen-bond donors (Lipinski definition) is 1. The first kappa shape index (κ1) is 34.2. The third-order valence-electron chi connectivity index (χ3n) is 7.47. The van der Waals surface area contributed by atoms with E-state index in [0.29, 0.717) is 51.4 Å². The highest BCUT2D eigenvalue weighted by Gasteiger charge is 2.20. The van der Waals surface area contributed by atoms with Gasteiger partial charge >= 0.3 is 11.6 Å². The van der Waals surface area contributed by atoms with Crippen molar-refractivity contribution in [1.29, 1.82) is 0 Å². The molecule has 1 N–H and O–H groups in total. The Balaban J connectivity index is 1.56. The maximum absolute atomic E-state index is 12.5. The molecule has 0 spiro atoms. The molecule has 1 unspecified atom stereocenters. The van der Waals surface area contributed by atoms with Crippen molar-refractivity contribution >= 4 is 40.1 Å². The van der Waals surface area contributed by atoms with Gasteiger partial charge in [-0.1, -0.05) is 95.7 Å². The van der Waals surface area contributed by atoms with Crippen LogP contribution in [0, 0.1) is 0 Å². The number of ether oxygens (including phenoxy) is 2. The molecule has 1 aromatic heterocycles. The first-order chi connectivity index (χ1) is 20.9. The van der Waals surface area contributed by atoms with Crippen LogP contribution < -0.4 is 15.7 Å². The third kappa shape index (κ3) is 11.0. The molecule has 0 radical (unpaired) electrons. The van der Waals surface area contributed by atoms with Crippen molar-refractivity contribution in [3.05, 3.63) is 57.9 Å². The molecular formula is C35H46ClNO6. The number of anilines is 1. The molecule has 3 rings (SSSR count). The fourth-order valence-corrected chi connectivity index (χ4v) is 5.40. The van der Waals surface area contributed by atoms with Crippen LogP contribution in [0.4, 0.5) is 5.69 Å². The second-order valence-electron chi connectivity index (χ2n) is 10.9. The van der Waals surface area contributed by atoms with Gasteiger partial charge in [0.05, 0.1) is 11.6 Å². The van der Waals surface area contributed by atoms with Gasteiger partial charge in [0.1, 0.15) is 11.3 Å². The Morgan fingerprint density at radius 2 is 1.51 bits per heavy atom. The molecule has 43 heavy (non-hydrogen) atoms. The fourth-order valence-electron chi connectivity index (χ4n) is 5.12. The van der Waals surface area contributed by atoms with E-state index in [1.54, 1.807) is 43.3 Å². The molecule has 0 fully saturated rings. The Hall–Kier alpha value is -3.32. The van der Waals surface area contributed by atoms with Gasteiger partial charge < -0.3 is 19.2 Å². The number of amides is 1. The summed E-state index contributed by atoms with van der Waals surface area (Å²) < 4.78 is 16.3. The van der Waals surface area contributed by atoms with E-state index in [9.17, 15) is 14.4 Å². The average molecular weight is 612 g/mol. The number of benzene rings is 2. The average Bonchev–Trinajstić information content (AvgIpc) is 2.98. The number of rotatable bonds is 19. The standard InChI is InChI=1S/C35H46ClNO6/c1-4-7-8-9-10-11-12-13-14-15-16-17-33(38)37-25-18-20-27(30(36)22-25)29-24-34(39)43-32-23-26(19-21-28(29)32)42-31(5-2)35(40)41-6-3/h18-24,31H,4-17H2,1-3H3,(H,37,38). The van der Waals surface area contributed by atoms with Gasteiger partial charge in [0, 0.05) is 40.8 Å². The molecule has 1 atom stereocenters. The molecule has 1 amide bonds. The van der Waals surface area contributed by atoms with Gasteiger partial charge in [-0.25, -0.2) is 9.59 Å². The van der Waals surface area contributed by atoms with Gasteiger partial charge in [0.15, 0.2) is 6.10 Å². The van der Waals surface area contributed by atoms with Crippen LogP contribution in [0.5, 0.6) is 5.75 Å². The zero-order valence-electron chi connectivity index (χ0n) is 25.8. The van der Waals surface area contributed by atoms with E-state index in [-0.39, 0.29) is 12.5 Å². The van der Waals surface area contributed by atoms with E-state index in [1.165, 1.54) is 63.9 Å². The number of carbonyl (C=O) groups excluding carboxylic acids is 2. The Kier molecular flexibility index (Phi) is 14.6. The summed E-state index contributed by atoms with van der Waals surface area (Å²) >= 11 is 6.65. The largest absolute Gasteiger partial charge is 0.479 e. The van der Waals surface area contributed by atoms with E-state index in [0.717, 1.165) is 12.8 Å². The lowest BCUT2D eigenvalue weighted by Gasteiger charge is -2.16. The smallest absolute Gasteiger partial charge is 0.347 e. The summed E-state index contributed by atoms with van der Waals surface area (Å²) in [5.41, 5.74) is 1.60. The molecule has 2 aromatic carbocycles. The van der Waals surface area contributed by atoms with Gasteiger partial charge in [-0.15, -0.1) is 0 Å². The molecule has 0 aliphatic carbocycles. The highest BCUT2D eigenvalue weighted by atomic mass is 35.5. The van der Waals surface area contributed by atoms with Crippen molar-refractivity contribution in [2.24, 2.45) is 0 Å². The van der Waals surface area contributed by atoms with Crippen molar-refractivity contribution in [3.63, 3.8) is 0 Å². The number of fused-ring (bicyclic) bond motifs is 1. The predicted octanol–water partition coefficient (Wildman–Crippen LogP) is 9.47. The normalized spacial score (nSPS) is 11.8. The van der Waals surface area contributed by atoms with Gasteiger partial charge in [0.25, 0.3) is 0 Å². The molecule has 7 nitrogen and oxygen atoms in total. The predicted molar refractivity (Wildman–Crippen MR) is 174 cm³/mol. The SMILES string of the molecule is CCCCCCCCCCCCCC(=O)Nc1ccc(-c2cc(=O)oc3cc(OC(CC)C(=O)OCC)ccc23)c(Cl)c1. The lowest BCUT2D eigenvalue weighted by molar-refractivity contribution is -0.151. The highest BCUT2D eigenvalue weighted by Crippen LogP contribution is 2.35. The van der Waals surface area contributed by atoms with Crippen molar-refractivity contribution in [2.75, 3.05) is 11.9 Å². The monoisotopic (exact) mass is 611 g/mol. The number of halogens is 1. The Morgan fingerprint density at radius 1 is 0.837 bits per heavy atom. The summed E-state index contributed by atoms with van der Waals surface area (Å²) in [6.07, 6.45) is 13.7. The van der Waals surface area contributed by atoms with Crippen LogP contribution in [0.3, 0.4) is 0 Å². The summed E-state index contributed by atoms with van der Waals surface area (Å²) in [5, 5.41) is 3.99. The number of carbonyl (C=O) groups is 2. The van der Waals surface area contributed by atoms with Crippen molar-refractivity contribution in [1.82, 2.24) is 0 Å². The second kappa shape index (κ2) is 18.4. The first-order valence-electron chi connectivity index (χ1n) is 15.9. The van der Waals surface area contributed by atoms with Crippen LogP contribution in [0.2, 0.25) is 5.02 Å². The first-order valence-corrected chi connectivity index (χ1v) is 16.2. The summed E-state index contributed by atoms with van der Waals surface area (Å²) in [6, 6.07) is 11.7. The van der Waals surface area contributed by atoms with E-state index in [4.69, 9.17) is 25.5 Å². The van der Waals surface area contributed by atoms with Gasteiger partial charge in [-0.2, -0.15) is 0 Å². The minimum Gasteiger partial charge on any atom is -0.479 e. The maximum atomic E-state index is 12.5. The van der Waals surface area contributed by atoms with Crippen LogP contribution >= 0.6 is 11.6 Å². The summed E-state index contributed by atoms with van der Waals surface area (Å²) in [6.45, 7) is 6.07. The quantitative estimate of drug-likeness (QED) is 0.0824. The summed E-state index contributed by atoms with van der Waals surface area (Å²) in [7, 11) is 0. The molecule has 0 aliphatic heterocycles. The number of hydrogen-bond acceptors (Lipinski definition) is 6. The lowest BCUT2D eigenvalue weighted by Crippen LogP contribution is -2.28. The van der Waals surface area contributed by atoms with Crippen LogP contribution in [-0.2, 0) is 14.3 Å². The zero-order valence-corrected chi connectivity index (χ0v) is 26.6. The Labute approximate surface area is 260 Å². The Morgan fingerprint density at radius 3 is 2.14 bits per heavy atom. The van der Waals surface area contributed by atoms with E-state index in [2.05, 4.69) is 12.2 Å². The van der Waals surface area contributed by atoms with Gasteiger partial charge in [0.2, 0.25) is 5.91 Å². The molecule has 8 heteroatoms. The highest BCUT2D eigenvalue weighted by molar-refractivity contribution is 6.34. The van der Waals surface area contributed by atoms with E-state index < -0.39 is 17.7 Å². The van der Waals surface area contributed by atoms with E-state index in [1.807, 2.05) is 6.92 Å². The van der Waals surface area contributed by atoms with Gasteiger partial charge in [-0.3, -0.25) is 4.79 Å². The van der Waals surface area contributed by atoms with Crippen molar-refractivity contribution in [2.45, 2.75) is 110 Å². The van der Waals surface area contributed by atoms with Crippen LogP contribution in [0.25, 0.3) is 22.1 Å². The van der Waals surface area contributed by atoms with Crippen molar-refractivity contribution in [3.8, 4) is 16.9 Å². The molecule has 0 saturated heterocycles. The lowest BCUT2D eigenvalue weighted by atomic mass is 10.0. The summed E-state index contributed by atoms with van der Waals surface area (Å²) in [4.78, 5) is 37.1. The minimum atomic E-state index is -0.764. The molecular weight excluding hydrogens is 566 g/mol. The molecule has 0 aliphatic rings. The molecule has 234 valence electrons. The van der Waals surface area contributed by atoms with Gasteiger partial charge in [-0.05, 0) is 44.0 Å². The van der Waals surface area contributed by atoms with Crippen LogP contribution in [-0.4, -0.2) is 24.6 Å². The molecule has 3 aromatic rings. The molecule has 0 saturated carbocycles. The second-order valence-corrected chi connectivity index (χ2v) is 11.3. The third-order valence-corrected chi connectivity index (χ3v) is 7.78. The number of esters is 1. The Bertz CT molecular complexity index is 1380. The fraction of sp³-hybridized carbons (Fsp3) is 0.514. The molecule has 1 heterocycles. The maximum Gasteiger partial charge on any atom is 0.347 e. The van der Waals surface area contributed by atoms with Crippen LogP contribution in [0.15, 0.2) is 51.7 Å². The van der Waals surface area contributed by atoms with Crippen molar-refractivity contribution < 1.29 is 23.5 Å². The number of nitrogens with one attached hydrogen (secondary N) is 1. The van der Waals surface area contributed by atoms with Crippen LogP contribution in [0.1, 0.15) is 104 Å². The summed E-state index contributed by atoms with van der Waals surface area (Å²) in [5.74, 6) is -0.0981.